The topological polar surface area (TPSA) is 33.1 Å². The first-order valence-corrected chi connectivity index (χ1v) is 5.10. The molecule has 0 fully saturated rings. The van der Waals surface area contributed by atoms with E-state index < -0.39 is 11.9 Å². The van der Waals surface area contributed by atoms with Gasteiger partial charge in [-0.15, -0.1) is 0 Å². The highest BCUT2D eigenvalue weighted by atomic mass is 35.5. The number of rotatable bonds is 2. The SMILES string of the molecule is OC(c1ccccn1)c1ccc(Cl)cc1F. The lowest BCUT2D eigenvalue weighted by Crippen LogP contribution is -2.04. The van der Waals surface area contributed by atoms with E-state index in [1.165, 1.54) is 18.2 Å². The Labute approximate surface area is 97.3 Å². The molecule has 0 saturated heterocycles. The second kappa shape index (κ2) is 4.60. The molecule has 0 amide bonds. The molecule has 4 heteroatoms. The van der Waals surface area contributed by atoms with Crippen molar-refractivity contribution in [1.29, 1.82) is 0 Å². The van der Waals surface area contributed by atoms with Crippen LogP contribution >= 0.6 is 11.6 Å². The maximum atomic E-state index is 13.5. The molecule has 1 atom stereocenters. The number of hydrogen-bond acceptors (Lipinski definition) is 2. The molecule has 0 radical (unpaired) electrons. The number of benzene rings is 1. The molecule has 0 saturated carbocycles. The van der Waals surface area contributed by atoms with Crippen molar-refractivity contribution in [2.24, 2.45) is 0 Å². The van der Waals surface area contributed by atoms with Crippen molar-refractivity contribution in [3.8, 4) is 0 Å². The molecule has 0 bridgehead atoms. The van der Waals surface area contributed by atoms with Gasteiger partial charge in [0.15, 0.2) is 0 Å². The van der Waals surface area contributed by atoms with Gasteiger partial charge in [0, 0.05) is 16.8 Å². The van der Waals surface area contributed by atoms with Gasteiger partial charge in [-0.2, -0.15) is 0 Å². The average molecular weight is 238 g/mol. The third kappa shape index (κ3) is 2.21. The number of aliphatic hydroxyl groups excluding tert-OH is 1. The second-order valence-corrected chi connectivity index (χ2v) is 3.76. The molecule has 1 unspecified atom stereocenters. The van der Waals surface area contributed by atoms with Crippen molar-refractivity contribution in [3.05, 3.63) is 64.7 Å². The Morgan fingerprint density at radius 3 is 2.69 bits per heavy atom. The van der Waals surface area contributed by atoms with Crippen LogP contribution in [0.5, 0.6) is 0 Å². The minimum absolute atomic E-state index is 0.170. The molecule has 2 rings (SSSR count). The van der Waals surface area contributed by atoms with Crippen LogP contribution in [-0.2, 0) is 0 Å². The van der Waals surface area contributed by atoms with Crippen molar-refractivity contribution >= 4 is 11.6 Å². The van der Waals surface area contributed by atoms with E-state index in [0.29, 0.717) is 10.7 Å². The molecule has 1 aromatic carbocycles. The molecular formula is C12H9ClFNO. The summed E-state index contributed by atoms with van der Waals surface area (Å²) in [4.78, 5) is 3.97. The van der Waals surface area contributed by atoms with Gasteiger partial charge in [0.05, 0.1) is 5.69 Å². The number of aliphatic hydroxyl groups is 1. The Bertz CT molecular complexity index is 490. The maximum Gasteiger partial charge on any atom is 0.130 e. The standard InChI is InChI=1S/C12H9ClFNO/c13-8-4-5-9(10(14)7-8)12(16)11-3-1-2-6-15-11/h1-7,12,16H. The van der Waals surface area contributed by atoms with E-state index in [2.05, 4.69) is 4.98 Å². The maximum absolute atomic E-state index is 13.5. The van der Waals surface area contributed by atoms with Crippen molar-refractivity contribution in [2.45, 2.75) is 6.10 Å². The van der Waals surface area contributed by atoms with Gasteiger partial charge in [-0.3, -0.25) is 4.98 Å². The van der Waals surface area contributed by atoms with Crippen LogP contribution in [0.15, 0.2) is 42.6 Å². The molecule has 0 spiro atoms. The van der Waals surface area contributed by atoms with Gasteiger partial charge in [-0.25, -0.2) is 4.39 Å². The van der Waals surface area contributed by atoms with Crippen LogP contribution in [0.3, 0.4) is 0 Å². The smallest absolute Gasteiger partial charge is 0.130 e. The number of hydrogen-bond donors (Lipinski definition) is 1. The molecule has 0 aliphatic rings. The van der Waals surface area contributed by atoms with Crippen LogP contribution in [0.2, 0.25) is 5.02 Å². The minimum atomic E-state index is -1.07. The van der Waals surface area contributed by atoms with Crippen molar-refractivity contribution in [1.82, 2.24) is 4.98 Å². The zero-order valence-corrected chi connectivity index (χ0v) is 9.03. The van der Waals surface area contributed by atoms with Crippen LogP contribution in [0.4, 0.5) is 4.39 Å². The number of aromatic nitrogens is 1. The van der Waals surface area contributed by atoms with Gasteiger partial charge >= 0.3 is 0 Å². The highest BCUT2D eigenvalue weighted by molar-refractivity contribution is 6.30. The van der Waals surface area contributed by atoms with Crippen LogP contribution in [0.25, 0.3) is 0 Å². The lowest BCUT2D eigenvalue weighted by molar-refractivity contribution is 0.210. The Hall–Kier alpha value is -1.45. The first-order chi connectivity index (χ1) is 7.68. The van der Waals surface area contributed by atoms with Gasteiger partial charge in [-0.05, 0) is 24.3 Å². The summed E-state index contributed by atoms with van der Waals surface area (Å²) in [5.41, 5.74) is 0.576. The fraction of sp³-hybridized carbons (Fsp3) is 0.0833. The van der Waals surface area contributed by atoms with Crippen molar-refractivity contribution < 1.29 is 9.50 Å². The van der Waals surface area contributed by atoms with E-state index in [0.717, 1.165) is 0 Å². The van der Waals surface area contributed by atoms with Gasteiger partial charge in [-0.1, -0.05) is 23.7 Å². The predicted octanol–water partition coefficient (Wildman–Crippen LogP) is 2.96. The first-order valence-electron chi connectivity index (χ1n) is 4.72. The lowest BCUT2D eigenvalue weighted by Gasteiger charge is -2.11. The van der Waals surface area contributed by atoms with E-state index in [1.807, 2.05) is 0 Å². The molecule has 2 aromatic rings. The van der Waals surface area contributed by atoms with Crippen molar-refractivity contribution in [2.75, 3.05) is 0 Å². The van der Waals surface area contributed by atoms with Gasteiger partial charge < -0.3 is 5.11 Å². The quantitative estimate of drug-likeness (QED) is 0.871. The third-order valence-electron chi connectivity index (χ3n) is 2.23. The van der Waals surface area contributed by atoms with Crippen LogP contribution in [0, 0.1) is 5.82 Å². The molecular weight excluding hydrogens is 229 g/mol. The Morgan fingerprint density at radius 2 is 2.06 bits per heavy atom. The molecule has 0 aliphatic heterocycles. The zero-order valence-electron chi connectivity index (χ0n) is 8.27. The second-order valence-electron chi connectivity index (χ2n) is 3.32. The number of pyridine rings is 1. The van der Waals surface area contributed by atoms with Crippen LogP contribution in [0.1, 0.15) is 17.4 Å². The third-order valence-corrected chi connectivity index (χ3v) is 2.46. The Kier molecular flexibility index (Phi) is 3.17. The van der Waals surface area contributed by atoms with E-state index in [-0.39, 0.29) is 5.56 Å². The molecule has 1 aromatic heterocycles. The Morgan fingerprint density at radius 1 is 1.25 bits per heavy atom. The molecule has 16 heavy (non-hydrogen) atoms. The van der Waals surface area contributed by atoms with Crippen molar-refractivity contribution in [3.63, 3.8) is 0 Å². The summed E-state index contributed by atoms with van der Waals surface area (Å²) >= 11 is 5.63. The fourth-order valence-electron chi connectivity index (χ4n) is 1.42. The van der Waals surface area contributed by atoms with E-state index in [1.54, 1.807) is 24.4 Å². The first kappa shape index (κ1) is 11.0. The van der Waals surface area contributed by atoms with Crippen LogP contribution in [-0.4, -0.2) is 10.1 Å². The van der Waals surface area contributed by atoms with Gasteiger partial charge in [0.25, 0.3) is 0 Å². The summed E-state index contributed by atoms with van der Waals surface area (Å²) in [6.45, 7) is 0. The fourth-order valence-corrected chi connectivity index (χ4v) is 1.58. The highest BCUT2D eigenvalue weighted by Crippen LogP contribution is 2.24. The molecule has 1 heterocycles. The number of nitrogens with zero attached hydrogens (tertiary/aromatic N) is 1. The average Bonchev–Trinajstić information content (AvgIpc) is 2.29. The largest absolute Gasteiger partial charge is 0.382 e. The summed E-state index contributed by atoms with van der Waals surface area (Å²) in [5.74, 6) is -0.536. The van der Waals surface area contributed by atoms with E-state index >= 15 is 0 Å². The summed E-state index contributed by atoms with van der Waals surface area (Å²) in [6, 6.07) is 9.26. The van der Waals surface area contributed by atoms with Gasteiger partial charge in [0.2, 0.25) is 0 Å². The molecule has 1 N–H and O–H groups in total. The minimum Gasteiger partial charge on any atom is -0.382 e. The normalized spacial score (nSPS) is 12.4. The van der Waals surface area contributed by atoms with E-state index in [9.17, 15) is 9.50 Å². The number of halogens is 2. The summed E-state index contributed by atoms with van der Waals surface area (Å²) in [6.07, 6.45) is 0.477. The summed E-state index contributed by atoms with van der Waals surface area (Å²) in [7, 11) is 0. The summed E-state index contributed by atoms with van der Waals surface area (Å²) < 4.78 is 13.5. The highest BCUT2D eigenvalue weighted by Gasteiger charge is 2.15. The molecule has 0 aliphatic carbocycles. The van der Waals surface area contributed by atoms with E-state index in [4.69, 9.17) is 11.6 Å². The zero-order chi connectivity index (χ0) is 11.5. The molecule has 2 nitrogen and oxygen atoms in total. The predicted molar refractivity (Wildman–Crippen MR) is 59.7 cm³/mol. The lowest BCUT2D eigenvalue weighted by atomic mass is 10.1. The molecule has 82 valence electrons. The monoisotopic (exact) mass is 237 g/mol. The van der Waals surface area contributed by atoms with Gasteiger partial charge in [0.1, 0.15) is 11.9 Å². The Balaban J connectivity index is 2.38. The summed E-state index contributed by atoms with van der Waals surface area (Å²) in [5, 5.41) is 10.2. The van der Waals surface area contributed by atoms with Crippen LogP contribution < -0.4 is 0 Å².